The Morgan fingerprint density at radius 2 is 1.67 bits per heavy atom. The van der Waals surface area contributed by atoms with Gasteiger partial charge in [0, 0.05) is 33.8 Å². The number of amides is 1. The number of carbonyl (C=O) groups excluding carboxylic acids is 4. The van der Waals surface area contributed by atoms with Crippen LogP contribution < -0.4 is 10.1 Å². The molecule has 0 unspecified atom stereocenters. The predicted molar refractivity (Wildman–Crippen MR) is 108 cm³/mol. The van der Waals surface area contributed by atoms with Crippen molar-refractivity contribution in [2.75, 3.05) is 6.61 Å². The molecule has 1 N–H and O–H groups in total. The SMILES string of the molecule is CC(=O)N[C@@H]1[C@H](Oc2cccc([N+](=O)[O-])c2)O[C@H](COC(C)=O)[C@@H](OC(C)=O)[C@H]1OC(C)=O. The van der Waals surface area contributed by atoms with Crippen LogP contribution in [0.3, 0.4) is 0 Å². The molecule has 33 heavy (non-hydrogen) atoms. The van der Waals surface area contributed by atoms with Crippen molar-refractivity contribution in [1.29, 1.82) is 0 Å². The highest BCUT2D eigenvalue weighted by Gasteiger charge is 2.52. The molecular formula is C20H24N2O11. The molecule has 0 saturated carbocycles. The lowest BCUT2D eigenvalue weighted by atomic mass is 9.96. The van der Waals surface area contributed by atoms with Crippen molar-refractivity contribution in [2.45, 2.75) is 58.3 Å². The first-order valence-electron chi connectivity index (χ1n) is 9.79. The zero-order chi connectivity index (χ0) is 24.7. The molecule has 2 rings (SSSR count). The summed E-state index contributed by atoms with van der Waals surface area (Å²) in [5, 5.41) is 13.6. The summed E-state index contributed by atoms with van der Waals surface area (Å²) in [6.45, 7) is 4.19. The number of non-ortho nitro benzene ring substituents is 1. The van der Waals surface area contributed by atoms with E-state index in [1.165, 1.54) is 25.1 Å². The van der Waals surface area contributed by atoms with Gasteiger partial charge < -0.3 is 29.0 Å². The van der Waals surface area contributed by atoms with Gasteiger partial charge in [-0.2, -0.15) is 0 Å². The third-order valence-electron chi connectivity index (χ3n) is 4.35. The highest BCUT2D eigenvalue weighted by atomic mass is 16.7. The maximum Gasteiger partial charge on any atom is 0.303 e. The fourth-order valence-electron chi connectivity index (χ4n) is 3.20. The number of hydrogen-bond acceptors (Lipinski definition) is 11. The van der Waals surface area contributed by atoms with E-state index in [1.54, 1.807) is 0 Å². The quantitative estimate of drug-likeness (QED) is 0.246. The van der Waals surface area contributed by atoms with Crippen LogP contribution in [0.2, 0.25) is 0 Å². The van der Waals surface area contributed by atoms with E-state index < -0.39 is 66.0 Å². The van der Waals surface area contributed by atoms with Crippen LogP contribution in [-0.4, -0.2) is 66.0 Å². The van der Waals surface area contributed by atoms with E-state index in [9.17, 15) is 29.3 Å². The predicted octanol–water partition coefficient (Wildman–Crippen LogP) is 0.630. The molecule has 13 nitrogen and oxygen atoms in total. The normalized spacial score (nSPS) is 24.2. The van der Waals surface area contributed by atoms with Gasteiger partial charge in [-0.25, -0.2) is 0 Å². The minimum atomic E-state index is -1.37. The number of nitro groups is 1. The molecule has 1 aliphatic rings. The van der Waals surface area contributed by atoms with Gasteiger partial charge in [-0.15, -0.1) is 0 Å². The largest absolute Gasteiger partial charge is 0.463 e. The monoisotopic (exact) mass is 468 g/mol. The summed E-state index contributed by atoms with van der Waals surface area (Å²) in [4.78, 5) is 57.2. The van der Waals surface area contributed by atoms with Crippen molar-refractivity contribution in [3.05, 3.63) is 34.4 Å². The zero-order valence-electron chi connectivity index (χ0n) is 18.3. The topological polar surface area (TPSA) is 170 Å². The van der Waals surface area contributed by atoms with Crippen LogP contribution in [0.1, 0.15) is 27.7 Å². The van der Waals surface area contributed by atoms with Crippen LogP contribution in [0.15, 0.2) is 24.3 Å². The van der Waals surface area contributed by atoms with E-state index in [0.29, 0.717) is 0 Å². The van der Waals surface area contributed by atoms with Crippen molar-refractivity contribution in [1.82, 2.24) is 5.32 Å². The Balaban J connectivity index is 2.47. The molecule has 1 heterocycles. The van der Waals surface area contributed by atoms with Crippen molar-refractivity contribution in [3.8, 4) is 5.75 Å². The molecular weight excluding hydrogens is 444 g/mol. The van der Waals surface area contributed by atoms with Crippen LogP contribution in [0, 0.1) is 10.1 Å². The van der Waals surface area contributed by atoms with E-state index >= 15 is 0 Å². The van der Waals surface area contributed by atoms with E-state index in [1.807, 2.05) is 0 Å². The molecule has 1 aromatic rings. The average Bonchev–Trinajstić information content (AvgIpc) is 2.70. The maximum absolute atomic E-state index is 11.9. The van der Waals surface area contributed by atoms with Crippen molar-refractivity contribution in [3.63, 3.8) is 0 Å². The number of rotatable bonds is 8. The summed E-state index contributed by atoms with van der Waals surface area (Å²) in [6.07, 6.45) is -5.09. The molecule has 0 radical (unpaired) electrons. The number of nitrogens with one attached hydrogen (secondary N) is 1. The zero-order valence-corrected chi connectivity index (χ0v) is 18.3. The second-order valence-electron chi connectivity index (χ2n) is 7.09. The Kier molecular flexibility index (Phi) is 8.68. The van der Waals surface area contributed by atoms with E-state index in [0.717, 1.165) is 26.8 Å². The summed E-state index contributed by atoms with van der Waals surface area (Å²) in [6, 6.07) is 3.99. The summed E-state index contributed by atoms with van der Waals surface area (Å²) >= 11 is 0. The Bertz CT molecular complexity index is 919. The maximum atomic E-state index is 11.9. The third-order valence-corrected chi connectivity index (χ3v) is 4.35. The van der Waals surface area contributed by atoms with Gasteiger partial charge in [0.15, 0.2) is 12.2 Å². The van der Waals surface area contributed by atoms with Gasteiger partial charge in [0.05, 0.1) is 11.0 Å². The van der Waals surface area contributed by atoms with Crippen LogP contribution in [0.4, 0.5) is 5.69 Å². The van der Waals surface area contributed by atoms with Gasteiger partial charge in [0.25, 0.3) is 5.69 Å². The Morgan fingerprint density at radius 1 is 1.03 bits per heavy atom. The summed E-state index contributed by atoms with van der Waals surface area (Å²) in [5.74, 6) is -2.68. The van der Waals surface area contributed by atoms with Crippen LogP contribution >= 0.6 is 0 Å². The van der Waals surface area contributed by atoms with Gasteiger partial charge in [0.1, 0.15) is 24.5 Å². The molecule has 1 fully saturated rings. The number of nitro benzene ring substituents is 1. The number of ether oxygens (including phenoxy) is 5. The number of hydrogen-bond donors (Lipinski definition) is 1. The fourth-order valence-corrected chi connectivity index (χ4v) is 3.20. The molecule has 5 atom stereocenters. The van der Waals surface area contributed by atoms with Crippen molar-refractivity contribution < 1.29 is 47.8 Å². The number of esters is 3. The highest BCUT2D eigenvalue weighted by molar-refractivity contribution is 5.73. The van der Waals surface area contributed by atoms with Crippen LogP contribution in [-0.2, 0) is 38.1 Å². The highest BCUT2D eigenvalue weighted by Crippen LogP contribution is 2.30. The Hall–Kier alpha value is -3.74. The molecule has 1 aromatic carbocycles. The second kappa shape index (κ2) is 11.2. The van der Waals surface area contributed by atoms with E-state index in [4.69, 9.17) is 23.7 Å². The first-order chi connectivity index (χ1) is 15.5. The minimum Gasteiger partial charge on any atom is -0.463 e. The number of nitrogens with zero attached hydrogens (tertiary/aromatic N) is 1. The Labute approximate surface area is 188 Å². The molecule has 13 heteroatoms. The van der Waals surface area contributed by atoms with Crippen molar-refractivity contribution in [2.24, 2.45) is 0 Å². The first kappa shape index (κ1) is 25.5. The summed E-state index contributed by atoms with van der Waals surface area (Å²) < 4.78 is 27.2. The Morgan fingerprint density at radius 3 is 2.21 bits per heavy atom. The number of benzene rings is 1. The van der Waals surface area contributed by atoms with Gasteiger partial charge in [-0.05, 0) is 6.07 Å². The van der Waals surface area contributed by atoms with E-state index in [-0.39, 0.29) is 11.4 Å². The lowest BCUT2D eigenvalue weighted by Crippen LogP contribution is -2.67. The third kappa shape index (κ3) is 7.42. The molecule has 1 amide bonds. The lowest BCUT2D eigenvalue weighted by Gasteiger charge is -2.44. The van der Waals surface area contributed by atoms with Gasteiger partial charge >= 0.3 is 17.9 Å². The van der Waals surface area contributed by atoms with Crippen LogP contribution in [0.5, 0.6) is 5.75 Å². The van der Waals surface area contributed by atoms with Gasteiger partial charge in [0.2, 0.25) is 12.2 Å². The van der Waals surface area contributed by atoms with Gasteiger partial charge in [-0.3, -0.25) is 29.3 Å². The lowest BCUT2D eigenvalue weighted by molar-refractivity contribution is -0.385. The van der Waals surface area contributed by atoms with E-state index in [2.05, 4.69) is 5.32 Å². The molecule has 0 spiro atoms. The smallest absolute Gasteiger partial charge is 0.303 e. The number of carbonyl (C=O) groups is 4. The molecule has 180 valence electrons. The average molecular weight is 468 g/mol. The van der Waals surface area contributed by atoms with Crippen LogP contribution in [0.25, 0.3) is 0 Å². The minimum absolute atomic E-state index is 0.0169. The molecule has 1 saturated heterocycles. The first-order valence-corrected chi connectivity index (χ1v) is 9.79. The van der Waals surface area contributed by atoms with Crippen molar-refractivity contribution >= 4 is 29.5 Å². The summed E-state index contributed by atoms with van der Waals surface area (Å²) in [7, 11) is 0. The molecule has 0 aromatic heterocycles. The van der Waals surface area contributed by atoms with Gasteiger partial charge in [-0.1, -0.05) is 6.07 Å². The standard InChI is InChI=1S/C20H24N2O11/c1-10(23)21-17-19(31-13(4)26)18(30-12(3)25)16(9-29-11(2)24)33-20(17)32-15-7-5-6-14(8-15)22(27)28/h5-8,16-20H,9H2,1-4H3,(H,21,23)/t16-,17+,18-,19+,20-/m1/s1. The fraction of sp³-hybridized carbons (Fsp3) is 0.500. The molecule has 1 aliphatic heterocycles. The second-order valence-corrected chi connectivity index (χ2v) is 7.09. The molecule has 0 bridgehead atoms. The molecule has 0 aliphatic carbocycles. The summed E-state index contributed by atoms with van der Waals surface area (Å²) in [5.41, 5.74) is -0.259.